The quantitative estimate of drug-likeness (QED) is 0.541. The number of ether oxygens (including phenoxy) is 1. The second-order valence-electron chi connectivity index (χ2n) is 5.49. The van der Waals surface area contributed by atoms with Crippen molar-refractivity contribution >= 4 is 20.1 Å². The first-order chi connectivity index (χ1) is 12.1. The van der Waals surface area contributed by atoms with Gasteiger partial charge in [0.15, 0.2) is 0 Å². The van der Waals surface area contributed by atoms with Crippen LogP contribution in [0.2, 0.25) is 0 Å². The number of halogens is 1. The molecule has 2 aromatic carbocycles. The highest BCUT2D eigenvalue weighted by Crippen LogP contribution is 2.39. The van der Waals surface area contributed by atoms with Crippen molar-refractivity contribution in [1.29, 1.82) is 0 Å². The fraction of sp³-hybridized carbons (Fsp3) is 0.250. The second kappa shape index (κ2) is 7.70. The Kier molecular flexibility index (Phi) is 6.02. The molecule has 0 amide bonds. The van der Waals surface area contributed by atoms with Gasteiger partial charge >= 0.3 is 0 Å². The molecule has 0 aliphatic rings. The Hall–Kier alpha value is -2.01. The zero-order valence-electron chi connectivity index (χ0n) is 13.8. The van der Waals surface area contributed by atoms with E-state index < -0.39 is 41.3 Å². The van der Waals surface area contributed by atoms with Crippen LogP contribution in [0.25, 0.3) is 11.1 Å². The molecule has 0 radical (unpaired) electrons. The molecule has 0 spiro atoms. The maximum absolute atomic E-state index is 13.8. The first-order valence-electron chi connectivity index (χ1n) is 7.61. The Bertz CT molecular complexity index is 969. The lowest BCUT2D eigenvalue weighted by molar-refractivity contribution is 0.310. The Morgan fingerprint density at radius 3 is 2.35 bits per heavy atom. The lowest BCUT2D eigenvalue weighted by Gasteiger charge is -2.16. The highest BCUT2D eigenvalue weighted by molar-refractivity contribution is 7.89. The SMILES string of the molecule is CCCCOc1ccc(F)cc1-c1c(S(N)(=O)=O)cccc1S(=O)(=O)O. The Morgan fingerprint density at radius 1 is 1.12 bits per heavy atom. The molecule has 3 N–H and O–H groups in total. The maximum Gasteiger partial charge on any atom is 0.295 e. The molecule has 0 bridgehead atoms. The minimum atomic E-state index is -4.82. The summed E-state index contributed by atoms with van der Waals surface area (Å²) in [6.07, 6.45) is 1.50. The van der Waals surface area contributed by atoms with E-state index in [4.69, 9.17) is 9.88 Å². The lowest BCUT2D eigenvalue weighted by Crippen LogP contribution is -2.15. The number of primary sulfonamides is 1. The smallest absolute Gasteiger partial charge is 0.295 e. The molecule has 0 unspecified atom stereocenters. The van der Waals surface area contributed by atoms with Gasteiger partial charge < -0.3 is 4.74 Å². The molecule has 0 heterocycles. The molecule has 0 aromatic heterocycles. The van der Waals surface area contributed by atoms with Crippen LogP contribution >= 0.6 is 0 Å². The highest BCUT2D eigenvalue weighted by Gasteiger charge is 2.27. The average molecular weight is 403 g/mol. The van der Waals surface area contributed by atoms with Crippen molar-refractivity contribution in [3.05, 3.63) is 42.2 Å². The van der Waals surface area contributed by atoms with Crippen molar-refractivity contribution in [2.45, 2.75) is 29.6 Å². The molecule has 0 saturated carbocycles. The molecule has 0 aliphatic carbocycles. The molecule has 142 valence electrons. The van der Waals surface area contributed by atoms with Crippen LogP contribution in [0, 0.1) is 5.82 Å². The van der Waals surface area contributed by atoms with E-state index in [2.05, 4.69) is 0 Å². The second-order valence-corrected chi connectivity index (χ2v) is 8.41. The summed E-state index contributed by atoms with van der Waals surface area (Å²) < 4.78 is 76.2. The molecule has 0 saturated heterocycles. The monoisotopic (exact) mass is 403 g/mol. The standard InChI is InChI=1S/C16H18FNO6S2/c1-2-3-9-24-13-8-7-11(17)10-12(13)16-14(25(18,19)20)5-4-6-15(16)26(21,22)23/h4-8,10H,2-3,9H2,1H3,(H2,18,19,20)(H,21,22,23). The zero-order valence-corrected chi connectivity index (χ0v) is 15.5. The number of benzene rings is 2. The number of rotatable bonds is 7. The van der Waals surface area contributed by atoms with Gasteiger partial charge in [0, 0.05) is 11.1 Å². The normalized spacial score (nSPS) is 12.2. The molecule has 0 fully saturated rings. The van der Waals surface area contributed by atoms with Gasteiger partial charge in [-0.25, -0.2) is 17.9 Å². The van der Waals surface area contributed by atoms with Gasteiger partial charge in [-0.05, 0) is 36.8 Å². The molecule has 0 aliphatic heterocycles. The highest BCUT2D eigenvalue weighted by atomic mass is 32.2. The van der Waals surface area contributed by atoms with Crippen LogP contribution in [-0.2, 0) is 20.1 Å². The van der Waals surface area contributed by atoms with Crippen LogP contribution in [0.3, 0.4) is 0 Å². The van der Waals surface area contributed by atoms with Gasteiger partial charge in [0.2, 0.25) is 10.0 Å². The van der Waals surface area contributed by atoms with Gasteiger partial charge in [-0.1, -0.05) is 19.4 Å². The lowest BCUT2D eigenvalue weighted by atomic mass is 10.0. The van der Waals surface area contributed by atoms with Crippen LogP contribution in [-0.4, -0.2) is 28.0 Å². The van der Waals surface area contributed by atoms with Crippen molar-refractivity contribution in [3.8, 4) is 16.9 Å². The topological polar surface area (TPSA) is 124 Å². The molecule has 10 heteroatoms. The molecule has 0 atom stereocenters. The van der Waals surface area contributed by atoms with E-state index in [-0.39, 0.29) is 17.9 Å². The summed E-state index contributed by atoms with van der Waals surface area (Å²) >= 11 is 0. The third-order valence-electron chi connectivity index (χ3n) is 3.54. The van der Waals surface area contributed by atoms with E-state index in [0.29, 0.717) is 6.42 Å². The summed E-state index contributed by atoms with van der Waals surface area (Å²) in [5, 5.41) is 5.18. The largest absolute Gasteiger partial charge is 0.493 e. The first-order valence-corrected chi connectivity index (χ1v) is 10.6. The Balaban J connectivity index is 2.85. The van der Waals surface area contributed by atoms with Crippen molar-refractivity contribution < 1.29 is 30.5 Å². The molecule has 2 aromatic rings. The number of hydrogen-bond donors (Lipinski definition) is 2. The average Bonchev–Trinajstić information content (AvgIpc) is 2.54. The van der Waals surface area contributed by atoms with Crippen LogP contribution in [0.5, 0.6) is 5.75 Å². The third-order valence-corrected chi connectivity index (χ3v) is 5.39. The number of hydrogen-bond acceptors (Lipinski definition) is 5. The fourth-order valence-electron chi connectivity index (χ4n) is 2.38. The predicted octanol–water partition coefficient (Wildman–Crippen LogP) is 2.57. The van der Waals surface area contributed by atoms with Gasteiger partial charge in [0.1, 0.15) is 16.5 Å². The fourth-order valence-corrected chi connectivity index (χ4v) is 3.94. The van der Waals surface area contributed by atoms with Gasteiger partial charge in [-0.3, -0.25) is 4.55 Å². The maximum atomic E-state index is 13.8. The minimum Gasteiger partial charge on any atom is -0.493 e. The van der Waals surface area contributed by atoms with Crippen molar-refractivity contribution in [2.75, 3.05) is 6.61 Å². The molecular formula is C16H18FNO6S2. The van der Waals surface area contributed by atoms with Crippen molar-refractivity contribution in [2.24, 2.45) is 5.14 Å². The van der Waals surface area contributed by atoms with Crippen molar-refractivity contribution in [1.82, 2.24) is 0 Å². The van der Waals surface area contributed by atoms with Gasteiger partial charge in [-0.15, -0.1) is 0 Å². The summed E-state index contributed by atoms with van der Waals surface area (Å²) in [4.78, 5) is -1.28. The predicted molar refractivity (Wildman–Crippen MR) is 93.4 cm³/mol. The van der Waals surface area contributed by atoms with Gasteiger partial charge in [-0.2, -0.15) is 8.42 Å². The van der Waals surface area contributed by atoms with E-state index in [1.807, 2.05) is 6.92 Å². The number of sulfonamides is 1. The van der Waals surface area contributed by atoms with E-state index in [0.717, 1.165) is 36.8 Å². The molecule has 26 heavy (non-hydrogen) atoms. The number of nitrogens with two attached hydrogens (primary N) is 1. The van der Waals surface area contributed by atoms with E-state index >= 15 is 0 Å². The summed E-state index contributed by atoms with van der Waals surface area (Å²) in [7, 11) is -9.19. The minimum absolute atomic E-state index is 0.0702. The summed E-state index contributed by atoms with van der Waals surface area (Å²) in [5.41, 5.74) is -0.582. The van der Waals surface area contributed by atoms with Crippen LogP contribution in [0.4, 0.5) is 4.39 Å². The Labute approximate surface area is 151 Å². The van der Waals surface area contributed by atoms with Crippen LogP contribution in [0.1, 0.15) is 19.8 Å². The van der Waals surface area contributed by atoms with Crippen LogP contribution in [0.15, 0.2) is 46.2 Å². The summed E-state index contributed by atoms with van der Waals surface area (Å²) in [5.74, 6) is -0.672. The van der Waals surface area contributed by atoms with E-state index in [9.17, 15) is 25.8 Å². The van der Waals surface area contributed by atoms with Gasteiger partial charge in [0.05, 0.1) is 11.5 Å². The van der Waals surface area contributed by atoms with Crippen molar-refractivity contribution in [3.63, 3.8) is 0 Å². The van der Waals surface area contributed by atoms with E-state index in [1.165, 1.54) is 6.07 Å². The third kappa shape index (κ3) is 4.58. The first kappa shape index (κ1) is 20.3. The Morgan fingerprint density at radius 2 is 1.77 bits per heavy atom. The zero-order chi connectivity index (χ0) is 19.5. The van der Waals surface area contributed by atoms with Gasteiger partial charge in [0.25, 0.3) is 10.1 Å². The molecular weight excluding hydrogens is 385 g/mol. The molecule has 2 rings (SSSR count). The number of unbranched alkanes of at least 4 members (excludes halogenated alkanes) is 1. The summed E-state index contributed by atoms with van der Waals surface area (Å²) in [6.45, 7) is 2.19. The summed E-state index contributed by atoms with van der Waals surface area (Å²) in [6, 6.07) is 6.47. The van der Waals surface area contributed by atoms with Crippen LogP contribution < -0.4 is 9.88 Å². The van der Waals surface area contributed by atoms with E-state index in [1.54, 1.807) is 0 Å². The molecule has 7 nitrogen and oxygen atoms in total.